The highest BCUT2D eigenvalue weighted by Gasteiger charge is 2.52. The first kappa shape index (κ1) is 20.3. The predicted octanol–water partition coefficient (Wildman–Crippen LogP) is 1.59. The van der Waals surface area contributed by atoms with E-state index in [2.05, 4.69) is 33.2 Å². The lowest BCUT2D eigenvalue weighted by molar-refractivity contribution is -0.139. The molecule has 0 unspecified atom stereocenters. The fourth-order valence-corrected chi connectivity index (χ4v) is 4.50. The Morgan fingerprint density at radius 3 is 2.77 bits per heavy atom. The SMILES string of the molecule is Cc1ccccc1-n1nnnc1SCC(=O)NN1C(=O)NC2(CCC(C)CC2)C1=O. The van der Waals surface area contributed by atoms with Gasteiger partial charge in [0.1, 0.15) is 5.54 Å². The molecule has 1 spiro atoms. The van der Waals surface area contributed by atoms with Gasteiger partial charge in [-0.15, -0.1) is 5.10 Å². The molecule has 0 radical (unpaired) electrons. The van der Waals surface area contributed by atoms with Gasteiger partial charge in [-0.2, -0.15) is 9.69 Å². The number of urea groups is 1. The minimum Gasteiger partial charge on any atom is -0.322 e. The van der Waals surface area contributed by atoms with Crippen LogP contribution in [0.3, 0.4) is 0 Å². The smallest absolute Gasteiger partial charge is 0.322 e. The van der Waals surface area contributed by atoms with Gasteiger partial charge in [-0.25, -0.2) is 4.79 Å². The second-order valence-electron chi connectivity index (χ2n) is 7.82. The second kappa shape index (κ2) is 8.05. The van der Waals surface area contributed by atoms with Crippen molar-refractivity contribution in [2.24, 2.45) is 5.92 Å². The van der Waals surface area contributed by atoms with E-state index in [0.29, 0.717) is 23.9 Å². The van der Waals surface area contributed by atoms with E-state index in [1.165, 1.54) is 0 Å². The predicted molar refractivity (Wildman–Crippen MR) is 108 cm³/mol. The fraction of sp³-hybridized carbons (Fsp3) is 0.474. The van der Waals surface area contributed by atoms with Crippen molar-refractivity contribution in [2.75, 3.05) is 5.75 Å². The van der Waals surface area contributed by atoms with Crippen molar-refractivity contribution in [2.45, 2.75) is 50.2 Å². The van der Waals surface area contributed by atoms with Crippen LogP contribution in [-0.4, -0.2) is 54.4 Å². The summed E-state index contributed by atoms with van der Waals surface area (Å²) in [6.45, 7) is 4.08. The molecule has 1 aliphatic heterocycles. The maximum Gasteiger partial charge on any atom is 0.344 e. The zero-order valence-corrected chi connectivity index (χ0v) is 17.6. The van der Waals surface area contributed by atoms with E-state index >= 15 is 0 Å². The number of rotatable bonds is 5. The fourth-order valence-electron chi connectivity index (χ4n) is 3.82. The van der Waals surface area contributed by atoms with Crippen LogP contribution in [0, 0.1) is 12.8 Å². The lowest BCUT2D eigenvalue weighted by Crippen LogP contribution is -2.51. The molecule has 1 aromatic heterocycles. The molecule has 0 atom stereocenters. The molecule has 1 aromatic carbocycles. The summed E-state index contributed by atoms with van der Waals surface area (Å²) in [5, 5.41) is 15.7. The van der Waals surface area contributed by atoms with Crippen LogP contribution in [0.1, 0.15) is 38.2 Å². The molecular formula is C19H23N7O3S. The lowest BCUT2D eigenvalue weighted by atomic mass is 9.77. The summed E-state index contributed by atoms with van der Waals surface area (Å²) in [6, 6.07) is 7.04. The number of nitrogens with zero attached hydrogens (tertiary/aromatic N) is 5. The van der Waals surface area contributed by atoms with Gasteiger partial charge in [0.2, 0.25) is 11.1 Å². The van der Waals surface area contributed by atoms with Crippen molar-refractivity contribution in [1.82, 2.24) is 36.0 Å². The van der Waals surface area contributed by atoms with Crippen LogP contribution in [0.2, 0.25) is 0 Å². The molecule has 2 N–H and O–H groups in total. The van der Waals surface area contributed by atoms with Gasteiger partial charge in [0.05, 0.1) is 11.4 Å². The summed E-state index contributed by atoms with van der Waals surface area (Å²) >= 11 is 1.12. The minimum absolute atomic E-state index is 0.0483. The average molecular weight is 430 g/mol. The monoisotopic (exact) mass is 429 g/mol. The van der Waals surface area contributed by atoms with Gasteiger partial charge in [0, 0.05) is 0 Å². The number of tetrazole rings is 1. The molecule has 10 nitrogen and oxygen atoms in total. The van der Waals surface area contributed by atoms with Crippen LogP contribution < -0.4 is 10.7 Å². The molecular weight excluding hydrogens is 406 g/mol. The molecule has 4 rings (SSSR count). The number of para-hydroxylation sites is 1. The van der Waals surface area contributed by atoms with Crippen LogP contribution in [0.4, 0.5) is 4.79 Å². The van der Waals surface area contributed by atoms with E-state index in [1.54, 1.807) is 4.68 Å². The normalized spacial score (nSPS) is 23.7. The van der Waals surface area contributed by atoms with Gasteiger partial charge in [-0.05, 0) is 60.6 Å². The molecule has 30 heavy (non-hydrogen) atoms. The van der Waals surface area contributed by atoms with Crippen LogP contribution in [0.5, 0.6) is 0 Å². The third-order valence-corrected chi connectivity index (χ3v) is 6.56. The highest BCUT2D eigenvalue weighted by molar-refractivity contribution is 7.99. The number of carbonyl (C=O) groups is 3. The first-order valence-electron chi connectivity index (χ1n) is 9.83. The lowest BCUT2D eigenvalue weighted by Gasteiger charge is -2.33. The number of imide groups is 1. The summed E-state index contributed by atoms with van der Waals surface area (Å²) < 4.78 is 1.55. The Kier molecular flexibility index (Phi) is 5.46. The van der Waals surface area contributed by atoms with E-state index < -0.39 is 17.5 Å². The zero-order valence-electron chi connectivity index (χ0n) is 16.8. The van der Waals surface area contributed by atoms with Gasteiger partial charge in [-0.1, -0.05) is 36.9 Å². The maximum atomic E-state index is 12.8. The van der Waals surface area contributed by atoms with Crippen molar-refractivity contribution < 1.29 is 14.4 Å². The third-order valence-electron chi connectivity index (χ3n) is 5.64. The Bertz CT molecular complexity index is 984. The summed E-state index contributed by atoms with van der Waals surface area (Å²) in [5.41, 5.74) is 3.34. The van der Waals surface area contributed by atoms with E-state index in [1.807, 2.05) is 31.2 Å². The number of amides is 4. The molecule has 2 aliphatic rings. The molecule has 2 fully saturated rings. The molecule has 1 saturated heterocycles. The Labute approximate surface area is 177 Å². The Hall–Kier alpha value is -2.95. The number of thioether (sulfide) groups is 1. The minimum atomic E-state index is -0.890. The Morgan fingerprint density at radius 1 is 1.30 bits per heavy atom. The van der Waals surface area contributed by atoms with Crippen molar-refractivity contribution in [3.8, 4) is 5.69 Å². The molecule has 1 aliphatic carbocycles. The number of hydrogen-bond donors (Lipinski definition) is 2. The van der Waals surface area contributed by atoms with Crippen molar-refractivity contribution in [1.29, 1.82) is 0 Å². The topological polar surface area (TPSA) is 122 Å². The van der Waals surface area contributed by atoms with Crippen molar-refractivity contribution in [3.63, 3.8) is 0 Å². The van der Waals surface area contributed by atoms with Crippen LogP contribution in [0.15, 0.2) is 29.4 Å². The van der Waals surface area contributed by atoms with Crippen molar-refractivity contribution >= 4 is 29.6 Å². The van der Waals surface area contributed by atoms with E-state index in [9.17, 15) is 14.4 Å². The number of benzene rings is 1. The third kappa shape index (κ3) is 3.76. The van der Waals surface area contributed by atoms with Gasteiger partial charge in [-0.3, -0.25) is 15.0 Å². The molecule has 0 bridgehead atoms. The number of hydrazine groups is 1. The molecule has 2 heterocycles. The quantitative estimate of drug-likeness (QED) is 0.547. The summed E-state index contributed by atoms with van der Waals surface area (Å²) in [6.07, 6.45) is 2.91. The van der Waals surface area contributed by atoms with Gasteiger partial charge < -0.3 is 5.32 Å². The van der Waals surface area contributed by atoms with E-state index in [4.69, 9.17) is 0 Å². The van der Waals surface area contributed by atoms with Crippen LogP contribution in [0.25, 0.3) is 5.69 Å². The van der Waals surface area contributed by atoms with Gasteiger partial charge in [0.15, 0.2) is 0 Å². The first-order chi connectivity index (χ1) is 14.4. The Morgan fingerprint density at radius 2 is 2.03 bits per heavy atom. The number of hydrogen-bond acceptors (Lipinski definition) is 7. The second-order valence-corrected chi connectivity index (χ2v) is 8.76. The van der Waals surface area contributed by atoms with E-state index in [-0.39, 0.29) is 11.7 Å². The zero-order chi connectivity index (χ0) is 21.3. The molecule has 2 aromatic rings. The summed E-state index contributed by atoms with van der Waals surface area (Å²) in [5.74, 6) is -0.390. The summed E-state index contributed by atoms with van der Waals surface area (Å²) in [4.78, 5) is 37.6. The van der Waals surface area contributed by atoms with Gasteiger partial charge >= 0.3 is 6.03 Å². The molecule has 1 saturated carbocycles. The molecule has 158 valence electrons. The van der Waals surface area contributed by atoms with E-state index in [0.717, 1.165) is 40.9 Å². The first-order valence-corrected chi connectivity index (χ1v) is 10.8. The standard InChI is InChI=1S/C19H23N7O3S/c1-12-7-9-19(10-8-12)16(28)26(17(29)20-19)22-15(27)11-30-18-21-23-24-25(18)14-6-4-3-5-13(14)2/h3-6,12H,7-11H2,1-2H3,(H,20,29)(H,22,27). The van der Waals surface area contributed by atoms with Crippen LogP contribution in [-0.2, 0) is 9.59 Å². The number of aromatic nitrogens is 4. The molecule has 11 heteroatoms. The van der Waals surface area contributed by atoms with Crippen molar-refractivity contribution in [3.05, 3.63) is 29.8 Å². The summed E-state index contributed by atoms with van der Waals surface area (Å²) in [7, 11) is 0. The largest absolute Gasteiger partial charge is 0.344 e. The highest BCUT2D eigenvalue weighted by atomic mass is 32.2. The number of aryl methyl sites for hydroxylation is 1. The highest BCUT2D eigenvalue weighted by Crippen LogP contribution is 2.35. The van der Waals surface area contributed by atoms with Crippen LogP contribution >= 0.6 is 11.8 Å². The average Bonchev–Trinajstić information content (AvgIpc) is 3.28. The van der Waals surface area contributed by atoms with Gasteiger partial charge in [0.25, 0.3) is 5.91 Å². The number of nitrogens with one attached hydrogen (secondary N) is 2. The molecule has 4 amide bonds. The Balaban J connectivity index is 1.38. The number of carbonyl (C=O) groups excluding carboxylic acids is 3. The maximum absolute atomic E-state index is 12.8.